The Kier molecular flexibility index (Phi) is 24.0. The van der Waals surface area contributed by atoms with E-state index in [9.17, 15) is 38.4 Å². The molecule has 0 radical (unpaired) electrons. The number of phosphoric acid groups is 1. The van der Waals surface area contributed by atoms with E-state index in [1.165, 1.54) is 13.8 Å². The first-order valence-electron chi connectivity index (χ1n) is 24.1. The van der Waals surface area contributed by atoms with E-state index in [1.54, 1.807) is 60.7 Å². The first-order valence-corrected chi connectivity index (χ1v) is 29.3. The summed E-state index contributed by atoms with van der Waals surface area (Å²) in [5, 5.41) is 7.82. The molecule has 0 aliphatic carbocycles. The first-order chi connectivity index (χ1) is 35.2. The highest BCUT2D eigenvalue weighted by Crippen LogP contribution is 2.53. The number of ether oxygens (including phenoxy) is 9. The van der Waals surface area contributed by atoms with E-state index in [0.29, 0.717) is 17.2 Å². The first kappa shape index (κ1) is 61.9. The summed E-state index contributed by atoms with van der Waals surface area (Å²) in [6, 6.07) is 13.4. The Morgan fingerprint density at radius 2 is 1.08 bits per heavy atom. The van der Waals surface area contributed by atoms with Crippen molar-refractivity contribution in [1.29, 1.82) is 0 Å². The number of carbonyl (C=O) groups is 8. The number of hydrogen-bond acceptors (Lipinski definition) is 21. The number of hydrogen-bond donors (Lipinski definition) is 3. The normalized spacial score (nSPS) is 24.5. The van der Waals surface area contributed by atoms with Crippen molar-refractivity contribution in [2.75, 3.05) is 19.8 Å². The number of phosphoric ester groups is 1. The summed E-state index contributed by atoms with van der Waals surface area (Å²) in [7, 11) is -6.45. The van der Waals surface area contributed by atoms with Crippen LogP contribution in [0.1, 0.15) is 66.5 Å². The Labute approximate surface area is 436 Å². The zero-order valence-corrected chi connectivity index (χ0v) is 45.9. The molecule has 3 N–H and O–H groups in total. The minimum absolute atomic E-state index is 0.129. The van der Waals surface area contributed by atoms with Gasteiger partial charge in [-0.05, 0) is 31.0 Å². The van der Waals surface area contributed by atoms with Crippen molar-refractivity contribution in [3.8, 4) is 0 Å². The van der Waals surface area contributed by atoms with Crippen LogP contribution in [0.5, 0.6) is 0 Å². The third-order valence-electron chi connectivity index (χ3n) is 11.1. The molecule has 24 nitrogen and oxygen atoms in total. The fraction of sp³-hybridized carbons (Fsp3) is 0.592. The Morgan fingerprint density at radius 3 is 1.55 bits per heavy atom. The molecule has 26 heteroatoms. The summed E-state index contributed by atoms with van der Waals surface area (Å²) < 4.78 is 86.4. The van der Waals surface area contributed by atoms with Gasteiger partial charge in [0.25, 0.3) is 0 Å². The highest BCUT2D eigenvalue weighted by Gasteiger charge is 2.57. The largest absolute Gasteiger partial charge is 0.477 e. The molecular weight excluding hydrogens is 1030 g/mol. The van der Waals surface area contributed by atoms with Crippen LogP contribution in [0.3, 0.4) is 0 Å². The van der Waals surface area contributed by atoms with Gasteiger partial charge in [0.2, 0.25) is 17.7 Å². The van der Waals surface area contributed by atoms with Crippen LogP contribution in [0.4, 0.5) is 0 Å². The maximum absolute atomic E-state index is 15.0. The van der Waals surface area contributed by atoms with Crippen molar-refractivity contribution in [3.05, 3.63) is 71.8 Å². The smallest absolute Gasteiger partial charge is 0.464 e. The van der Waals surface area contributed by atoms with Gasteiger partial charge in [-0.2, -0.15) is 0 Å². The van der Waals surface area contributed by atoms with Crippen LogP contribution in [0.2, 0.25) is 25.7 Å². The van der Waals surface area contributed by atoms with Crippen molar-refractivity contribution in [1.82, 2.24) is 16.0 Å². The van der Waals surface area contributed by atoms with E-state index >= 15 is 4.57 Å². The number of carbonyl (C=O) groups excluding carboxylic acids is 8. The van der Waals surface area contributed by atoms with Gasteiger partial charge in [0.1, 0.15) is 61.9 Å². The highest BCUT2D eigenvalue weighted by atomic mass is 31.2. The molecule has 0 spiro atoms. The standard InChI is InChI=1S/C49H70N3O21PSi/c1-28(47(60)62-22-23-75(9,10)11)50-46(59)29(2)67-44-41(52-31(4)54)49(73-74(61,65-24-36-18-14-12-15-19-36)66-25-37-20-16-13-17-21-37)71-39(27-64-33(6)56)43(44)72-48-40(51-30(3)53)45(69-35(8)58)42(68-34(7)57)38(70-48)26-63-32(5)55/h12-21,28-29,38-45,48-49H,22-27H2,1-11H3,(H,50,59)(H,51,53)(H,52,54)/t28-,29+,38+,39+,40+,41+,42+,43+,44+,45+,48-,49+/m0/s1. The molecule has 2 saturated heterocycles. The topological polar surface area (TPSA) is 300 Å². The van der Waals surface area contributed by atoms with Crippen LogP contribution < -0.4 is 16.0 Å². The summed E-state index contributed by atoms with van der Waals surface area (Å²) in [6.45, 7) is 13.7. The summed E-state index contributed by atoms with van der Waals surface area (Å²) in [5.74, 6) is -6.51. The van der Waals surface area contributed by atoms with Crippen LogP contribution in [0, 0.1) is 0 Å². The minimum Gasteiger partial charge on any atom is -0.464 e. The third kappa shape index (κ3) is 20.8. The van der Waals surface area contributed by atoms with Crippen LogP contribution in [-0.4, -0.2) is 149 Å². The third-order valence-corrected chi connectivity index (χ3v) is 14.1. The molecule has 75 heavy (non-hydrogen) atoms. The lowest BCUT2D eigenvalue weighted by Gasteiger charge is -2.50. The lowest BCUT2D eigenvalue weighted by Crippen LogP contribution is -2.70. The monoisotopic (exact) mass is 1100 g/mol. The van der Waals surface area contributed by atoms with E-state index in [1.807, 2.05) is 0 Å². The average Bonchev–Trinajstić information content (AvgIpc) is 3.32. The molecule has 0 bridgehead atoms. The van der Waals surface area contributed by atoms with Gasteiger partial charge in [-0.15, -0.1) is 0 Å². The van der Waals surface area contributed by atoms with Gasteiger partial charge in [-0.3, -0.25) is 47.1 Å². The van der Waals surface area contributed by atoms with E-state index in [-0.39, 0.29) is 19.8 Å². The van der Waals surface area contributed by atoms with Crippen LogP contribution in [0.15, 0.2) is 60.7 Å². The second kappa shape index (κ2) is 29.0. The molecule has 2 aromatic rings. The molecule has 12 atom stereocenters. The van der Waals surface area contributed by atoms with Crippen LogP contribution >= 0.6 is 7.82 Å². The number of rotatable bonds is 26. The molecule has 4 rings (SSSR count). The maximum Gasteiger partial charge on any atom is 0.477 e. The number of benzene rings is 2. The second-order valence-corrected chi connectivity index (χ2v) is 26.2. The van der Waals surface area contributed by atoms with E-state index in [0.717, 1.165) is 41.5 Å². The van der Waals surface area contributed by atoms with Crippen molar-refractivity contribution >= 4 is 63.5 Å². The van der Waals surface area contributed by atoms with Crippen LogP contribution in [-0.2, 0) is 112 Å². The minimum atomic E-state index is -4.85. The quantitative estimate of drug-likeness (QED) is 0.0525. The Morgan fingerprint density at radius 1 is 0.613 bits per heavy atom. The zero-order chi connectivity index (χ0) is 55.6. The molecule has 0 aromatic heterocycles. The van der Waals surface area contributed by atoms with Gasteiger partial charge in [0.05, 0.1) is 19.8 Å². The van der Waals surface area contributed by atoms with Gasteiger partial charge in [0, 0.05) is 49.6 Å². The van der Waals surface area contributed by atoms with Gasteiger partial charge >= 0.3 is 37.7 Å². The number of amides is 3. The number of nitrogens with one attached hydrogen (secondary N) is 3. The second-order valence-electron chi connectivity index (χ2n) is 18.9. The average molecular weight is 1100 g/mol. The molecule has 2 heterocycles. The molecule has 2 aliphatic heterocycles. The summed E-state index contributed by atoms with van der Waals surface area (Å²) in [6.07, 6.45) is -15.1. The van der Waals surface area contributed by atoms with Gasteiger partial charge in [-0.1, -0.05) is 80.3 Å². The van der Waals surface area contributed by atoms with Crippen molar-refractivity contribution in [2.24, 2.45) is 0 Å². The molecule has 416 valence electrons. The van der Waals surface area contributed by atoms with E-state index in [4.69, 9.17) is 56.2 Å². The van der Waals surface area contributed by atoms with Gasteiger partial charge in [0.15, 0.2) is 24.8 Å². The molecule has 0 unspecified atom stereocenters. The van der Waals surface area contributed by atoms with Crippen molar-refractivity contribution in [3.63, 3.8) is 0 Å². The van der Waals surface area contributed by atoms with Crippen LogP contribution in [0.25, 0.3) is 0 Å². The fourth-order valence-electron chi connectivity index (χ4n) is 7.55. The fourth-order valence-corrected chi connectivity index (χ4v) is 9.51. The van der Waals surface area contributed by atoms with Gasteiger partial charge in [-0.25, -0.2) is 9.36 Å². The number of esters is 5. The molecule has 3 amide bonds. The molecule has 0 saturated carbocycles. The molecule has 2 aromatic carbocycles. The predicted octanol–water partition coefficient (Wildman–Crippen LogP) is 3.54. The lowest BCUT2D eigenvalue weighted by atomic mass is 9.93. The zero-order valence-electron chi connectivity index (χ0n) is 44.0. The molecule has 2 aliphatic rings. The van der Waals surface area contributed by atoms with E-state index in [2.05, 4.69) is 35.6 Å². The SMILES string of the molecule is CC(=O)N[C@H]1[C@H](O[C@H]2[C@H](O[C@H](C)C(=O)N[C@@H](C)C(=O)OCC[Si](C)(C)C)[C@@H](NC(C)=O)[C@@H](OP(=O)(OCc3ccccc3)OCc3ccccc3)O[C@@H]2COC(C)=O)O[C@H](COC(C)=O)[C@@H](OC(C)=O)[C@@H]1OC(C)=O. The Balaban J connectivity index is 1.90. The van der Waals surface area contributed by atoms with Crippen molar-refractivity contribution < 1.29 is 99.1 Å². The Hall–Kier alpha value is -5.63. The summed E-state index contributed by atoms with van der Waals surface area (Å²) in [5.41, 5.74) is 1.11. The summed E-state index contributed by atoms with van der Waals surface area (Å²) in [4.78, 5) is 103. The molecule has 2 fully saturated rings. The maximum atomic E-state index is 15.0. The van der Waals surface area contributed by atoms with Gasteiger partial charge < -0.3 is 58.6 Å². The Bertz CT molecular complexity index is 2260. The lowest BCUT2D eigenvalue weighted by molar-refractivity contribution is -0.332. The van der Waals surface area contributed by atoms with Crippen molar-refractivity contribution in [2.45, 2.75) is 168 Å². The molecular formula is C49H70N3O21PSi. The van der Waals surface area contributed by atoms with E-state index < -0.39 is 150 Å². The summed E-state index contributed by atoms with van der Waals surface area (Å²) >= 11 is 0. The highest BCUT2D eigenvalue weighted by molar-refractivity contribution is 7.48. The predicted molar refractivity (Wildman–Crippen MR) is 264 cm³/mol.